The largest absolute Gasteiger partial charge is 0.462 e. The Hall–Kier alpha value is -1.40. The number of carbonyl (C=O) groups is 2. The van der Waals surface area contributed by atoms with E-state index in [1.165, 1.54) is 11.3 Å². The van der Waals surface area contributed by atoms with Gasteiger partial charge in [-0.05, 0) is 32.8 Å². The van der Waals surface area contributed by atoms with Crippen molar-refractivity contribution in [2.45, 2.75) is 46.0 Å². The van der Waals surface area contributed by atoms with Crippen molar-refractivity contribution >= 4 is 23.8 Å². The third-order valence-electron chi connectivity index (χ3n) is 2.78. The topological polar surface area (TPSA) is 61.8 Å². The third-order valence-corrected chi connectivity index (χ3v) is 3.96. The van der Waals surface area contributed by atoms with E-state index in [0.29, 0.717) is 31.7 Å². The van der Waals surface area contributed by atoms with E-state index in [1.807, 2.05) is 20.8 Å². The highest BCUT2D eigenvalue weighted by Crippen LogP contribution is 2.34. The molecule has 6 heteroatoms. The molecule has 0 fully saturated rings. The molecule has 0 unspecified atom stereocenters. The second-order valence-electron chi connectivity index (χ2n) is 5.51. The first-order valence-electron chi connectivity index (χ1n) is 6.42. The molecule has 5 nitrogen and oxygen atoms in total. The standard InChI is InChI=1S/C14H18O5S/c1-14(2,3)19-13(16)12-9-4-5-17-6-10(9)20-11(12)7-18-8-15/h8H,4-7H2,1-3H3. The Bertz CT molecular complexity index is 512. The molecule has 0 N–H and O–H groups in total. The number of rotatable bonds is 4. The molecule has 1 aromatic heterocycles. The number of hydrogen-bond acceptors (Lipinski definition) is 6. The lowest BCUT2D eigenvalue weighted by molar-refractivity contribution is -0.129. The third kappa shape index (κ3) is 3.37. The lowest BCUT2D eigenvalue weighted by Gasteiger charge is -2.21. The molecule has 1 aromatic rings. The van der Waals surface area contributed by atoms with Crippen LogP contribution in [-0.2, 0) is 38.6 Å². The van der Waals surface area contributed by atoms with Gasteiger partial charge in [0.15, 0.2) is 0 Å². The van der Waals surface area contributed by atoms with E-state index in [1.54, 1.807) is 0 Å². The highest BCUT2D eigenvalue weighted by Gasteiger charge is 2.29. The SMILES string of the molecule is CC(C)(C)OC(=O)c1c(COC=O)sc2c1CCOC2. The number of hydrogen-bond donors (Lipinski definition) is 0. The summed E-state index contributed by atoms with van der Waals surface area (Å²) in [5.74, 6) is -0.360. The van der Waals surface area contributed by atoms with Gasteiger partial charge in [-0.3, -0.25) is 4.79 Å². The molecule has 20 heavy (non-hydrogen) atoms. The van der Waals surface area contributed by atoms with E-state index in [2.05, 4.69) is 0 Å². The number of thiophene rings is 1. The highest BCUT2D eigenvalue weighted by molar-refractivity contribution is 7.12. The van der Waals surface area contributed by atoms with Gasteiger partial charge in [0.2, 0.25) is 0 Å². The lowest BCUT2D eigenvalue weighted by Crippen LogP contribution is -2.25. The van der Waals surface area contributed by atoms with Gasteiger partial charge in [-0.25, -0.2) is 4.79 Å². The van der Waals surface area contributed by atoms with Crippen LogP contribution in [-0.4, -0.2) is 24.6 Å². The van der Waals surface area contributed by atoms with Crippen molar-refractivity contribution in [2.75, 3.05) is 6.61 Å². The lowest BCUT2D eigenvalue weighted by atomic mass is 10.0. The predicted molar refractivity (Wildman–Crippen MR) is 73.7 cm³/mol. The Morgan fingerprint density at radius 2 is 2.20 bits per heavy atom. The molecular formula is C14H18O5S. The summed E-state index contributed by atoms with van der Waals surface area (Å²) in [7, 11) is 0. The second-order valence-corrected chi connectivity index (χ2v) is 6.70. The molecule has 2 heterocycles. The van der Waals surface area contributed by atoms with Gasteiger partial charge in [0.05, 0.1) is 23.7 Å². The molecule has 0 amide bonds. The molecule has 0 bridgehead atoms. The van der Waals surface area contributed by atoms with Gasteiger partial charge < -0.3 is 14.2 Å². The number of carbonyl (C=O) groups excluding carboxylic acids is 2. The molecule has 0 aliphatic carbocycles. The fourth-order valence-electron chi connectivity index (χ4n) is 2.07. The van der Waals surface area contributed by atoms with Gasteiger partial charge in [-0.2, -0.15) is 0 Å². The van der Waals surface area contributed by atoms with E-state index in [9.17, 15) is 9.59 Å². The first-order valence-corrected chi connectivity index (χ1v) is 7.24. The zero-order valence-corrected chi connectivity index (χ0v) is 12.7. The van der Waals surface area contributed by atoms with Crippen LogP contribution in [0, 0.1) is 0 Å². The van der Waals surface area contributed by atoms with Crippen LogP contribution in [0.15, 0.2) is 0 Å². The summed E-state index contributed by atoms with van der Waals surface area (Å²) in [6.45, 7) is 7.05. The van der Waals surface area contributed by atoms with Gasteiger partial charge in [0.25, 0.3) is 6.47 Å². The predicted octanol–water partition coefficient (Wildman–Crippen LogP) is 2.45. The van der Waals surface area contributed by atoms with Crippen molar-refractivity contribution in [3.8, 4) is 0 Å². The number of ether oxygens (including phenoxy) is 3. The minimum absolute atomic E-state index is 0.0930. The van der Waals surface area contributed by atoms with Gasteiger partial charge in [-0.1, -0.05) is 0 Å². The number of esters is 1. The molecule has 110 valence electrons. The average Bonchev–Trinajstić information content (AvgIpc) is 2.72. The minimum Gasteiger partial charge on any atom is -0.462 e. The molecule has 0 saturated carbocycles. The molecule has 0 saturated heterocycles. The first kappa shape index (κ1) is 15.0. The summed E-state index contributed by atoms with van der Waals surface area (Å²) in [4.78, 5) is 24.5. The fourth-order valence-corrected chi connectivity index (χ4v) is 3.27. The van der Waals surface area contributed by atoms with Gasteiger partial charge in [-0.15, -0.1) is 11.3 Å². The van der Waals surface area contributed by atoms with Crippen molar-refractivity contribution in [1.29, 1.82) is 0 Å². The van der Waals surface area contributed by atoms with Crippen molar-refractivity contribution in [2.24, 2.45) is 0 Å². The summed E-state index contributed by atoms with van der Waals surface area (Å²) in [5.41, 5.74) is 0.963. The van der Waals surface area contributed by atoms with Crippen LogP contribution in [0.1, 0.15) is 46.4 Å². The maximum Gasteiger partial charge on any atom is 0.340 e. The second kappa shape index (κ2) is 5.93. The molecule has 0 aromatic carbocycles. The maximum absolute atomic E-state index is 12.4. The number of fused-ring (bicyclic) bond motifs is 1. The summed E-state index contributed by atoms with van der Waals surface area (Å²) in [6, 6.07) is 0. The van der Waals surface area contributed by atoms with Crippen LogP contribution in [0.25, 0.3) is 0 Å². The van der Waals surface area contributed by atoms with Gasteiger partial charge in [0.1, 0.15) is 12.2 Å². The minimum atomic E-state index is -0.556. The summed E-state index contributed by atoms with van der Waals surface area (Å²) in [5, 5.41) is 0. The summed E-state index contributed by atoms with van der Waals surface area (Å²) >= 11 is 1.45. The molecule has 2 rings (SSSR count). The molecule has 0 spiro atoms. The van der Waals surface area contributed by atoms with Crippen LogP contribution in [0.4, 0.5) is 0 Å². The van der Waals surface area contributed by atoms with Crippen molar-refractivity contribution in [3.63, 3.8) is 0 Å². The van der Waals surface area contributed by atoms with Gasteiger partial charge >= 0.3 is 5.97 Å². The van der Waals surface area contributed by atoms with Crippen molar-refractivity contribution < 1.29 is 23.8 Å². The van der Waals surface area contributed by atoms with Crippen molar-refractivity contribution in [1.82, 2.24) is 0 Å². The molecule has 0 radical (unpaired) electrons. The van der Waals surface area contributed by atoms with Crippen LogP contribution >= 0.6 is 11.3 Å². The van der Waals surface area contributed by atoms with Crippen LogP contribution in [0.5, 0.6) is 0 Å². The summed E-state index contributed by atoms with van der Waals surface area (Å²) in [6.07, 6.45) is 0.682. The van der Waals surface area contributed by atoms with E-state index >= 15 is 0 Å². The summed E-state index contributed by atoms with van der Waals surface area (Å²) < 4.78 is 15.6. The molecule has 1 aliphatic heterocycles. The average molecular weight is 298 g/mol. The van der Waals surface area contributed by atoms with E-state index in [0.717, 1.165) is 15.3 Å². The Kier molecular flexibility index (Phi) is 4.45. The maximum atomic E-state index is 12.4. The Morgan fingerprint density at radius 3 is 2.85 bits per heavy atom. The van der Waals surface area contributed by atoms with Crippen LogP contribution in [0.3, 0.4) is 0 Å². The molecule has 0 atom stereocenters. The van der Waals surface area contributed by atoms with E-state index in [4.69, 9.17) is 14.2 Å². The Labute approximate surface area is 121 Å². The molecular weight excluding hydrogens is 280 g/mol. The normalized spacial score (nSPS) is 14.6. The Balaban J connectivity index is 2.34. The first-order chi connectivity index (χ1) is 9.42. The fraction of sp³-hybridized carbons (Fsp3) is 0.571. The zero-order chi connectivity index (χ0) is 14.8. The zero-order valence-electron chi connectivity index (χ0n) is 11.9. The van der Waals surface area contributed by atoms with E-state index < -0.39 is 5.60 Å². The molecule has 1 aliphatic rings. The highest BCUT2D eigenvalue weighted by atomic mass is 32.1. The van der Waals surface area contributed by atoms with Gasteiger partial charge in [0, 0.05) is 4.88 Å². The van der Waals surface area contributed by atoms with Crippen LogP contribution < -0.4 is 0 Å². The van der Waals surface area contributed by atoms with Crippen LogP contribution in [0.2, 0.25) is 0 Å². The monoisotopic (exact) mass is 298 g/mol. The van der Waals surface area contributed by atoms with Crippen molar-refractivity contribution in [3.05, 3.63) is 20.9 Å². The quantitative estimate of drug-likeness (QED) is 0.631. The van der Waals surface area contributed by atoms with E-state index in [-0.39, 0.29) is 12.6 Å². The smallest absolute Gasteiger partial charge is 0.340 e. The Morgan fingerprint density at radius 1 is 1.45 bits per heavy atom.